The van der Waals surface area contributed by atoms with Gasteiger partial charge >= 0.3 is 0 Å². The Hall–Kier alpha value is -1.26. The number of nitrogens with zero attached hydrogens (tertiary/aromatic N) is 1. The molecule has 0 aliphatic carbocycles. The molecule has 0 atom stereocenters. The number of hydrogen-bond acceptors (Lipinski definition) is 4. The third-order valence-electron chi connectivity index (χ3n) is 1.46. The summed E-state index contributed by atoms with van der Waals surface area (Å²) in [7, 11) is 0. The minimum Gasteiger partial charge on any atom is -0.743 e. The monoisotopic (exact) mass is 181 g/mol. The van der Waals surface area contributed by atoms with Crippen LogP contribution in [-0.4, -0.2) is 6.10 Å². The summed E-state index contributed by atoms with van der Waals surface area (Å²) in [6, 6.07) is 6.66. The van der Waals surface area contributed by atoms with Gasteiger partial charge in [-0.3, -0.25) is 5.84 Å². The minimum atomic E-state index is 0.132. The van der Waals surface area contributed by atoms with Gasteiger partial charge in [0.2, 0.25) is 0 Å². The first-order chi connectivity index (χ1) is 6.09. The van der Waals surface area contributed by atoms with Crippen molar-refractivity contribution in [3.05, 3.63) is 29.5 Å². The van der Waals surface area contributed by atoms with Crippen LogP contribution in [0.15, 0.2) is 24.3 Å². The Morgan fingerprint density at radius 1 is 1.31 bits per heavy atom. The van der Waals surface area contributed by atoms with Gasteiger partial charge in [0, 0.05) is 5.69 Å². The van der Waals surface area contributed by atoms with Crippen molar-refractivity contribution in [2.45, 2.75) is 20.0 Å². The van der Waals surface area contributed by atoms with E-state index < -0.39 is 0 Å². The van der Waals surface area contributed by atoms with E-state index in [1.165, 1.54) is 0 Å². The van der Waals surface area contributed by atoms with E-state index in [4.69, 9.17) is 10.6 Å². The number of benzene rings is 1. The van der Waals surface area contributed by atoms with E-state index in [1.807, 2.05) is 13.8 Å². The first kappa shape index (κ1) is 9.83. The molecule has 0 heterocycles. The van der Waals surface area contributed by atoms with E-state index in [0.717, 1.165) is 5.75 Å². The fourth-order valence-electron chi connectivity index (χ4n) is 0.944. The highest BCUT2D eigenvalue weighted by Crippen LogP contribution is 2.17. The zero-order valence-electron chi connectivity index (χ0n) is 7.73. The summed E-state index contributed by atoms with van der Waals surface area (Å²) in [5.74, 6) is 5.74. The summed E-state index contributed by atoms with van der Waals surface area (Å²) in [6.45, 7) is 3.88. The average molecular weight is 181 g/mol. The van der Waals surface area contributed by atoms with Gasteiger partial charge in [-0.2, -0.15) is 0 Å². The van der Waals surface area contributed by atoms with Gasteiger partial charge in [0.1, 0.15) is 5.75 Å². The molecule has 1 rings (SSSR count). The highest BCUT2D eigenvalue weighted by molar-refractivity contribution is 5.48. The fourth-order valence-corrected chi connectivity index (χ4v) is 0.944. The second-order valence-electron chi connectivity index (χ2n) is 2.99. The Bertz CT molecular complexity index is 257. The molecule has 0 radical (unpaired) electrons. The van der Waals surface area contributed by atoms with Crippen LogP contribution >= 0.6 is 0 Å². The maximum atomic E-state index is 10.6. The number of hydrogen-bond donors (Lipinski definition) is 1. The molecule has 0 unspecified atom stereocenters. The number of hydrazine groups is 1. The van der Waals surface area contributed by atoms with Crippen LogP contribution in [0.3, 0.4) is 0 Å². The van der Waals surface area contributed by atoms with Crippen molar-refractivity contribution in [2.24, 2.45) is 5.84 Å². The Kier molecular flexibility index (Phi) is 3.11. The molecule has 4 nitrogen and oxygen atoms in total. The van der Waals surface area contributed by atoms with E-state index in [0.29, 0.717) is 10.9 Å². The predicted molar refractivity (Wildman–Crippen MR) is 52.2 cm³/mol. The van der Waals surface area contributed by atoms with E-state index in [-0.39, 0.29) is 6.10 Å². The quantitative estimate of drug-likeness (QED) is 0.569. The third-order valence-corrected chi connectivity index (χ3v) is 1.46. The Balaban J connectivity index is 2.70. The highest BCUT2D eigenvalue weighted by atomic mass is 16.5. The molecule has 1 aromatic rings. The molecule has 0 aromatic heterocycles. The van der Waals surface area contributed by atoms with Crippen molar-refractivity contribution in [1.29, 1.82) is 0 Å². The molecule has 0 aliphatic heterocycles. The molecule has 0 bridgehead atoms. The number of rotatable bonds is 3. The topological polar surface area (TPSA) is 61.5 Å². The molecule has 13 heavy (non-hydrogen) atoms. The van der Waals surface area contributed by atoms with Gasteiger partial charge in [0.25, 0.3) is 0 Å². The second-order valence-corrected chi connectivity index (χ2v) is 2.99. The maximum Gasteiger partial charge on any atom is 0.119 e. The summed E-state index contributed by atoms with van der Waals surface area (Å²) < 4.78 is 5.39. The molecule has 2 N–H and O–H groups in total. The lowest BCUT2D eigenvalue weighted by Crippen LogP contribution is -2.22. The molecule has 0 spiro atoms. The Labute approximate surface area is 77.5 Å². The fraction of sp³-hybridized carbons (Fsp3) is 0.333. The van der Waals surface area contributed by atoms with Gasteiger partial charge in [0.15, 0.2) is 0 Å². The molecular weight excluding hydrogens is 168 g/mol. The largest absolute Gasteiger partial charge is 0.743 e. The third kappa shape index (κ3) is 2.93. The normalized spacial score (nSPS) is 10.2. The maximum absolute atomic E-state index is 10.6. The molecular formula is C9H13N2O2-. The molecule has 1 aromatic carbocycles. The average Bonchev–Trinajstić information content (AvgIpc) is 2.04. The van der Waals surface area contributed by atoms with Gasteiger partial charge in [0.05, 0.1) is 6.10 Å². The van der Waals surface area contributed by atoms with Gasteiger partial charge in [-0.25, -0.2) is 0 Å². The first-order valence-electron chi connectivity index (χ1n) is 4.08. The van der Waals surface area contributed by atoms with Crippen molar-refractivity contribution >= 4 is 5.69 Å². The van der Waals surface area contributed by atoms with Crippen LogP contribution in [0, 0.1) is 5.21 Å². The van der Waals surface area contributed by atoms with Crippen LogP contribution in [0.4, 0.5) is 5.69 Å². The minimum absolute atomic E-state index is 0.132. The van der Waals surface area contributed by atoms with Crippen molar-refractivity contribution in [3.63, 3.8) is 0 Å². The van der Waals surface area contributed by atoms with Crippen LogP contribution in [0.5, 0.6) is 5.75 Å². The predicted octanol–water partition coefficient (Wildman–Crippen LogP) is 1.65. The van der Waals surface area contributed by atoms with Crippen LogP contribution in [0.1, 0.15) is 13.8 Å². The van der Waals surface area contributed by atoms with E-state index in [1.54, 1.807) is 24.3 Å². The molecule has 0 amide bonds. The van der Waals surface area contributed by atoms with E-state index in [9.17, 15) is 5.21 Å². The van der Waals surface area contributed by atoms with Crippen LogP contribution in [-0.2, 0) is 0 Å². The van der Waals surface area contributed by atoms with Gasteiger partial charge in [-0.05, 0) is 38.1 Å². The standard InChI is InChI=1S/C9H13N2O2/c1-7(2)13-9-5-3-8(4-6-9)11(10)12/h3-7H,10H2,1-2H3/q-1. The lowest BCUT2D eigenvalue weighted by Gasteiger charge is -2.23. The molecule has 4 heteroatoms. The zero-order chi connectivity index (χ0) is 9.84. The summed E-state index contributed by atoms with van der Waals surface area (Å²) in [5, 5.41) is 11.0. The summed E-state index contributed by atoms with van der Waals surface area (Å²) in [4.78, 5) is 0. The van der Waals surface area contributed by atoms with Gasteiger partial charge in [-0.1, -0.05) is 0 Å². The van der Waals surface area contributed by atoms with Crippen LogP contribution < -0.4 is 15.8 Å². The molecule has 0 aliphatic rings. The summed E-state index contributed by atoms with van der Waals surface area (Å²) in [6.07, 6.45) is 0.132. The van der Waals surface area contributed by atoms with Crippen LogP contribution in [0.25, 0.3) is 0 Å². The number of anilines is 1. The zero-order valence-corrected chi connectivity index (χ0v) is 7.73. The Morgan fingerprint density at radius 3 is 2.23 bits per heavy atom. The van der Waals surface area contributed by atoms with Crippen molar-refractivity contribution in [1.82, 2.24) is 0 Å². The number of nitrogens with two attached hydrogens (primary N) is 1. The van der Waals surface area contributed by atoms with Gasteiger partial charge < -0.3 is 15.1 Å². The van der Waals surface area contributed by atoms with Crippen LogP contribution in [0.2, 0.25) is 0 Å². The lowest BCUT2D eigenvalue weighted by molar-refractivity contribution is 0.242. The van der Waals surface area contributed by atoms with E-state index in [2.05, 4.69) is 0 Å². The van der Waals surface area contributed by atoms with Gasteiger partial charge in [-0.15, -0.1) is 0 Å². The van der Waals surface area contributed by atoms with Crippen molar-refractivity contribution in [2.75, 3.05) is 5.17 Å². The number of ether oxygens (including phenoxy) is 1. The Morgan fingerprint density at radius 2 is 1.85 bits per heavy atom. The van der Waals surface area contributed by atoms with Crippen molar-refractivity contribution in [3.8, 4) is 5.75 Å². The van der Waals surface area contributed by atoms with Crippen molar-refractivity contribution < 1.29 is 4.74 Å². The smallest absolute Gasteiger partial charge is 0.119 e. The lowest BCUT2D eigenvalue weighted by atomic mass is 10.3. The molecule has 0 saturated carbocycles. The second kappa shape index (κ2) is 4.11. The summed E-state index contributed by atoms with van der Waals surface area (Å²) in [5.41, 5.74) is 0.413. The first-order valence-corrected chi connectivity index (χ1v) is 4.08. The highest BCUT2D eigenvalue weighted by Gasteiger charge is 1.97. The molecule has 0 fully saturated rings. The molecule has 72 valence electrons. The summed E-state index contributed by atoms with van der Waals surface area (Å²) >= 11 is 0. The SMILES string of the molecule is CC(C)Oc1ccc(N(N)[O-])cc1. The molecule has 0 saturated heterocycles. The van der Waals surface area contributed by atoms with E-state index >= 15 is 0 Å².